The third kappa shape index (κ3) is 3.77. The lowest BCUT2D eigenvalue weighted by molar-refractivity contribution is 0.102. The summed E-state index contributed by atoms with van der Waals surface area (Å²) in [6.45, 7) is 2.83. The van der Waals surface area contributed by atoms with Crippen molar-refractivity contribution < 1.29 is 18.3 Å². The maximum atomic E-state index is 14.8. The molecule has 1 fully saturated rings. The van der Waals surface area contributed by atoms with Crippen molar-refractivity contribution in [2.24, 2.45) is 16.6 Å². The van der Waals surface area contributed by atoms with Gasteiger partial charge in [-0.05, 0) is 38.5 Å². The number of thioether (sulfide) groups is 1. The Morgan fingerprint density at radius 2 is 2.28 bits per heavy atom. The van der Waals surface area contributed by atoms with Crippen LogP contribution in [-0.4, -0.2) is 39.1 Å². The van der Waals surface area contributed by atoms with Crippen LogP contribution in [-0.2, 0) is 5.54 Å². The largest absolute Gasteiger partial charge is 0.463 e. The number of terminal acetylenes is 1. The zero-order valence-electron chi connectivity index (χ0n) is 17.5. The summed E-state index contributed by atoms with van der Waals surface area (Å²) in [6, 6.07) is 4.19. The Kier molecular flexibility index (Phi) is 5.54. The Labute approximate surface area is 188 Å². The lowest BCUT2D eigenvalue weighted by Crippen LogP contribution is -2.36. The van der Waals surface area contributed by atoms with E-state index in [1.165, 1.54) is 36.2 Å². The van der Waals surface area contributed by atoms with Gasteiger partial charge in [-0.15, -0.1) is 6.42 Å². The zero-order valence-corrected chi connectivity index (χ0v) is 18.3. The molecule has 32 heavy (non-hydrogen) atoms. The van der Waals surface area contributed by atoms with Gasteiger partial charge in [0.05, 0.1) is 22.2 Å². The number of alkyl halides is 1. The number of amidine groups is 1. The number of fused-ring (bicyclic) bond motifs is 1. The zero-order chi connectivity index (χ0) is 23.1. The highest BCUT2D eigenvalue weighted by Gasteiger charge is 2.66. The van der Waals surface area contributed by atoms with Gasteiger partial charge in [0.1, 0.15) is 18.2 Å². The van der Waals surface area contributed by atoms with Gasteiger partial charge < -0.3 is 15.8 Å². The van der Waals surface area contributed by atoms with E-state index in [1.807, 2.05) is 0 Å². The number of nitrogens with two attached hydrogens (primary N) is 1. The number of anilines is 1. The highest BCUT2D eigenvalue weighted by molar-refractivity contribution is 8.15. The summed E-state index contributed by atoms with van der Waals surface area (Å²) in [5, 5.41) is 2.94. The Morgan fingerprint density at radius 1 is 1.50 bits per heavy atom. The summed E-state index contributed by atoms with van der Waals surface area (Å²) in [7, 11) is 0. The van der Waals surface area contributed by atoms with Crippen molar-refractivity contribution in [2.75, 3.05) is 18.6 Å². The summed E-state index contributed by atoms with van der Waals surface area (Å²) in [6.07, 6.45) is 7.00. The van der Waals surface area contributed by atoms with Crippen molar-refractivity contribution in [3.63, 3.8) is 0 Å². The molecular weight excluding hydrogens is 436 g/mol. The third-order valence-electron chi connectivity index (χ3n) is 5.79. The number of nitrogens with zero attached hydrogens (tertiary/aromatic N) is 3. The third-order valence-corrected chi connectivity index (χ3v) is 7.06. The maximum absolute atomic E-state index is 14.8. The molecule has 0 bridgehead atoms. The molecule has 0 unspecified atom stereocenters. The van der Waals surface area contributed by atoms with Crippen molar-refractivity contribution in [2.45, 2.75) is 30.6 Å². The molecule has 1 aromatic carbocycles. The van der Waals surface area contributed by atoms with Gasteiger partial charge in [0.25, 0.3) is 5.91 Å². The van der Waals surface area contributed by atoms with E-state index in [2.05, 4.69) is 26.2 Å². The Morgan fingerprint density at radius 3 is 2.97 bits per heavy atom. The van der Waals surface area contributed by atoms with Crippen molar-refractivity contribution in [3.05, 3.63) is 47.2 Å². The number of aliphatic imine (C=N–C) groups is 1. The summed E-state index contributed by atoms with van der Waals surface area (Å²) in [4.78, 5) is 25.5. The van der Waals surface area contributed by atoms with E-state index in [0.29, 0.717) is 17.8 Å². The number of nitrogens with one attached hydrogen (secondary N) is 1. The molecule has 1 aromatic heterocycles. The number of rotatable bonds is 6. The predicted molar refractivity (Wildman–Crippen MR) is 119 cm³/mol. The number of hydrogen-bond acceptors (Lipinski definition) is 7. The highest BCUT2D eigenvalue weighted by atomic mass is 32.2. The molecule has 1 amide bonds. The van der Waals surface area contributed by atoms with E-state index in [0.717, 1.165) is 0 Å². The van der Waals surface area contributed by atoms with E-state index in [9.17, 15) is 13.6 Å². The predicted octanol–water partition coefficient (Wildman–Crippen LogP) is 3.19. The van der Waals surface area contributed by atoms with Crippen LogP contribution in [0, 0.1) is 31.0 Å². The van der Waals surface area contributed by atoms with Gasteiger partial charge >= 0.3 is 0 Å². The number of hydrogen-bond donors (Lipinski definition) is 2. The fourth-order valence-electron chi connectivity index (χ4n) is 4.12. The Bertz CT molecular complexity index is 1170. The number of carbonyl (C=O) groups excluding carboxylic acids is 1. The van der Waals surface area contributed by atoms with Gasteiger partial charge in [-0.25, -0.2) is 18.7 Å². The lowest BCUT2D eigenvalue weighted by atomic mass is 9.85. The summed E-state index contributed by atoms with van der Waals surface area (Å²) in [5.41, 5.74) is 5.95. The monoisotopic (exact) mass is 457 g/mol. The normalized spacial score (nSPS) is 25.8. The Hall–Kier alpha value is -3.19. The van der Waals surface area contributed by atoms with Gasteiger partial charge in [0.15, 0.2) is 11.8 Å². The second kappa shape index (κ2) is 8.06. The molecule has 10 heteroatoms. The van der Waals surface area contributed by atoms with Crippen LogP contribution in [0.1, 0.15) is 35.1 Å². The fourth-order valence-corrected chi connectivity index (χ4v) is 5.45. The van der Waals surface area contributed by atoms with Gasteiger partial charge in [-0.1, -0.05) is 17.7 Å². The first-order valence-electron chi connectivity index (χ1n) is 9.84. The number of amides is 1. The summed E-state index contributed by atoms with van der Waals surface area (Å²) < 4.78 is 33.1. The van der Waals surface area contributed by atoms with Crippen LogP contribution in [0.25, 0.3) is 0 Å². The average molecular weight is 458 g/mol. The molecule has 1 saturated carbocycles. The topological polar surface area (TPSA) is 102 Å². The lowest BCUT2D eigenvalue weighted by Gasteiger charge is -2.33. The van der Waals surface area contributed by atoms with E-state index >= 15 is 0 Å². The molecule has 4 rings (SSSR count). The minimum Gasteiger partial charge on any atom is -0.463 e. The van der Waals surface area contributed by atoms with Crippen molar-refractivity contribution >= 4 is 28.5 Å². The van der Waals surface area contributed by atoms with E-state index in [4.69, 9.17) is 16.9 Å². The minimum atomic E-state index is -1.03. The van der Waals surface area contributed by atoms with E-state index < -0.39 is 28.7 Å². The fraction of sp³-hybridized carbons (Fsp3) is 0.364. The van der Waals surface area contributed by atoms with Crippen LogP contribution in [0.2, 0.25) is 0 Å². The second-order valence-corrected chi connectivity index (χ2v) is 9.37. The number of carbonyl (C=O) groups is 1. The molecule has 166 valence electrons. The van der Waals surface area contributed by atoms with Crippen LogP contribution >= 0.6 is 11.8 Å². The molecule has 2 aliphatic rings. The molecule has 1 aliphatic heterocycles. The SMILES string of the molecule is C#CCOc1cnc(C(=O)Nc2ccc(F)c([C@]3(C)N=C(N)S[C@@]4(CF)C[C@H]43)c2)c(C)n1. The van der Waals surface area contributed by atoms with E-state index in [1.54, 1.807) is 13.8 Å². The van der Waals surface area contributed by atoms with Gasteiger partial charge in [-0.3, -0.25) is 9.79 Å². The van der Waals surface area contributed by atoms with Crippen molar-refractivity contribution in [3.8, 4) is 18.2 Å². The van der Waals surface area contributed by atoms with Gasteiger partial charge in [0, 0.05) is 17.2 Å². The molecule has 3 N–H and O–H groups in total. The highest BCUT2D eigenvalue weighted by Crippen LogP contribution is 2.66. The van der Waals surface area contributed by atoms with Crippen molar-refractivity contribution in [1.29, 1.82) is 0 Å². The molecular formula is C22H21F2N5O2S. The smallest absolute Gasteiger partial charge is 0.276 e. The number of halogens is 2. The quantitative estimate of drug-likeness (QED) is 0.646. The van der Waals surface area contributed by atoms with Crippen LogP contribution in [0.15, 0.2) is 29.4 Å². The summed E-state index contributed by atoms with van der Waals surface area (Å²) >= 11 is 1.21. The molecule has 0 spiro atoms. The van der Waals surface area contributed by atoms with Crippen LogP contribution in [0.3, 0.4) is 0 Å². The second-order valence-electron chi connectivity index (χ2n) is 7.94. The molecule has 2 aromatic rings. The standard InChI is InChI=1S/C22H21F2N5O2S/c1-4-7-31-17-10-26-18(12(2)27-17)19(30)28-13-5-6-15(24)14(8-13)21(3)16-9-22(16,11-23)32-20(25)29-21/h1,5-6,8,10,16H,7,9,11H2,2-3H3,(H2,25,29)(H,28,30)/t16-,21-,22+/m0/s1. The first kappa shape index (κ1) is 22.0. The first-order chi connectivity index (χ1) is 15.2. The summed E-state index contributed by atoms with van der Waals surface area (Å²) in [5.74, 6) is 1.32. The van der Waals surface area contributed by atoms with Crippen LogP contribution in [0.5, 0.6) is 5.88 Å². The van der Waals surface area contributed by atoms with Gasteiger partial charge in [-0.2, -0.15) is 0 Å². The average Bonchev–Trinajstić information content (AvgIpc) is 3.49. The van der Waals surface area contributed by atoms with Crippen LogP contribution in [0.4, 0.5) is 14.5 Å². The van der Waals surface area contributed by atoms with E-state index in [-0.39, 0.29) is 34.8 Å². The number of benzene rings is 1. The number of aryl methyl sites for hydroxylation is 1. The Balaban J connectivity index is 1.60. The minimum absolute atomic E-state index is 0.0347. The molecule has 2 heterocycles. The van der Waals surface area contributed by atoms with Crippen molar-refractivity contribution in [1.82, 2.24) is 9.97 Å². The number of aromatic nitrogens is 2. The molecule has 7 nitrogen and oxygen atoms in total. The first-order valence-corrected chi connectivity index (χ1v) is 10.7. The molecule has 0 radical (unpaired) electrons. The van der Waals surface area contributed by atoms with Gasteiger partial charge in [0.2, 0.25) is 5.88 Å². The number of ether oxygens (including phenoxy) is 1. The molecule has 0 saturated heterocycles. The van der Waals surface area contributed by atoms with Crippen LogP contribution < -0.4 is 15.8 Å². The molecule has 3 atom stereocenters. The molecule has 1 aliphatic carbocycles. The maximum Gasteiger partial charge on any atom is 0.276 e.